The zero-order valence-corrected chi connectivity index (χ0v) is 13.8. The Morgan fingerprint density at radius 1 is 1.35 bits per heavy atom. The fourth-order valence-corrected chi connectivity index (χ4v) is 4.27. The molecule has 1 amide bonds. The number of nitrogens with zero attached hydrogens (tertiary/aromatic N) is 1. The molecule has 1 atom stereocenters. The molecule has 1 unspecified atom stereocenters. The van der Waals surface area contributed by atoms with Gasteiger partial charge in [0.15, 0.2) is 0 Å². The minimum Gasteiger partial charge on any atom is -0.493 e. The summed E-state index contributed by atoms with van der Waals surface area (Å²) in [5.41, 5.74) is 2.47. The number of rotatable bonds is 3. The number of benzene rings is 1. The predicted molar refractivity (Wildman–Crippen MR) is 90.7 cm³/mol. The summed E-state index contributed by atoms with van der Waals surface area (Å²) in [6.07, 6.45) is 1.89. The first kappa shape index (κ1) is 14.7. The van der Waals surface area contributed by atoms with Crippen molar-refractivity contribution in [3.8, 4) is 5.75 Å². The standard InChI is InChI=1S/C18H20N2O2S/c21-18(12-20-8-5-17-13(11-20)7-10-23-17)19-15-6-9-22-16-4-2-1-3-14(15)16/h1-4,7,10,15H,5-6,8-9,11-12H2,(H,19,21). The maximum atomic E-state index is 12.4. The lowest BCUT2D eigenvalue weighted by Gasteiger charge is -2.29. The Balaban J connectivity index is 1.38. The molecule has 3 heterocycles. The monoisotopic (exact) mass is 328 g/mol. The molecular formula is C18H20N2O2S. The summed E-state index contributed by atoms with van der Waals surface area (Å²) in [7, 11) is 0. The summed E-state index contributed by atoms with van der Waals surface area (Å²) in [6, 6.07) is 10.2. The molecule has 1 aromatic carbocycles. The summed E-state index contributed by atoms with van der Waals surface area (Å²) >= 11 is 1.83. The second-order valence-corrected chi connectivity index (χ2v) is 7.13. The van der Waals surface area contributed by atoms with E-state index in [2.05, 4.69) is 21.7 Å². The number of thiophene rings is 1. The van der Waals surface area contributed by atoms with Crippen molar-refractivity contribution < 1.29 is 9.53 Å². The summed E-state index contributed by atoms with van der Waals surface area (Å²) in [4.78, 5) is 16.2. The number of ether oxygens (including phenoxy) is 1. The molecule has 0 bridgehead atoms. The van der Waals surface area contributed by atoms with Crippen LogP contribution in [0.2, 0.25) is 0 Å². The van der Waals surface area contributed by atoms with Crippen LogP contribution in [0.15, 0.2) is 35.7 Å². The lowest BCUT2D eigenvalue weighted by molar-refractivity contribution is -0.123. The van der Waals surface area contributed by atoms with Gasteiger partial charge >= 0.3 is 0 Å². The van der Waals surface area contributed by atoms with Crippen molar-refractivity contribution in [2.24, 2.45) is 0 Å². The summed E-state index contributed by atoms with van der Waals surface area (Å²) in [6.45, 7) is 2.97. The smallest absolute Gasteiger partial charge is 0.234 e. The van der Waals surface area contributed by atoms with Gasteiger partial charge in [0, 0.05) is 30.0 Å². The topological polar surface area (TPSA) is 41.6 Å². The molecule has 0 spiro atoms. The van der Waals surface area contributed by atoms with Crippen LogP contribution in [0.1, 0.15) is 28.5 Å². The minimum atomic E-state index is 0.0638. The van der Waals surface area contributed by atoms with E-state index in [9.17, 15) is 4.79 Å². The molecule has 1 aromatic heterocycles. The largest absolute Gasteiger partial charge is 0.493 e. The van der Waals surface area contributed by atoms with Crippen LogP contribution in [0.3, 0.4) is 0 Å². The summed E-state index contributed by atoms with van der Waals surface area (Å²) < 4.78 is 5.65. The van der Waals surface area contributed by atoms with Crippen LogP contribution in [0.25, 0.3) is 0 Å². The molecule has 2 aliphatic rings. The van der Waals surface area contributed by atoms with E-state index in [0.29, 0.717) is 13.2 Å². The van der Waals surface area contributed by atoms with E-state index in [1.807, 2.05) is 35.6 Å². The van der Waals surface area contributed by atoms with Gasteiger partial charge in [-0.15, -0.1) is 11.3 Å². The Labute approximate surface area is 140 Å². The van der Waals surface area contributed by atoms with Crippen LogP contribution in [0.4, 0.5) is 0 Å². The van der Waals surface area contributed by atoms with Crippen molar-refractivity contribution in [1.82, 2.24) is 10.2 Å². The molecule has 0 saturated carbocycles. The number of hydrogen-bond donors (Lipinski definition) is 1. The molecule has 2 aliphatic heterocycles. The zero-order chi connectivity index (χ0) is 15.6. The highest BCUT2D eigenvalue weighted by Gasteiger charge is 2.24. The normalized spacial score (nSPS) is 20.3. The van der Waals surface area contributed by atoms with Crippen LogP contribution in [0, 0.1) is 0 Å². The Hall–Kier alpha value is -1.85. The van der Waals surface area contributed by atoms with E-state index in [0.717, 1.165) is 37.2 Å². The first-order valence-corrected chi connectivity index (χ1v) is 8.96. The van der Waals surface area contributed by atoms with Gasteiger partial charge in [0.1, 0.15) is 5.75 Å². The molecule has 5 heteroatoms. The summed E-state index contributed by atoms with van der Waals surface area (Å²) in [5, 5.41) is 5.33. The zero-order valence-electron chi connectivity index (χ0n) is 13.0. The lowest BCUT2D eigenvalue weighted by atomic mass is 10.0. The van der Waals surface area contributed by atoms with Gasteiger partial charge in [-0.2, -0.15) is 0 Å². The second kappa shape index (κ2) is 6.34. The highest BCUT2D eigenvalue weighted by atomic mass is 32.1. The molecule has 23 heavy (non-hydrogen) atoms. The van der Waals surface area contributed by atoms with Crippen LogP contribution >= 0.6 is 11.3 Å². The van der Waals surface area contributed by atoms with Crippen molar-refractivity contribution in [2.45, 2.75) is 25.4 Å². The van der Waals surface area contributed by atoms with Gasteiger partial charge in [0.25, 0.3) is 0 Å². The molecule has 120 valence electrons. The van der Waals surface area contributed by atoms with E-state index >= 15 is 0 Å². The number of carbonyl (C=O) groups is 1. The molecule has 0 fully saturated rings. The van der Waals surface area contributed by atoms with Crippen LogP contribution in [-0.2, 0) is 17.8 Å². The fraction of sp³-hybridized carbons (Fsp3) is 0.389. The van der Waals surface area contributed by atoms with Crippen molar-refractivity contribution in [3.63, 3.8) is 0 Å². The quantitative estimate of drug-likeness (QED) is 0.942. The number of fused-ring (bicyclic) bond motifs is 2. The van der Waals surface area contributed by atoms with E-state index in [1.165, 1.54) is 10.4 Å². The Morgan fingerprint density at radius 3 is 3.22 bits per heavy atom. The Bertz CT molecular complexity index is 713. The highest BCUT2D eigenvalue weighted by molar-refractivity contribution is 7.10. The van der Waals surface area contributed by atoms with Crippen molar-refractivity contribution in [1.29, 1.82) is 0 Å². The number of amides is 1. The number of carbonyl (C=O) groups excluding carboxylic acids is 1. The summed E-state index contributed by atoms with van der Waals surface area (Å²) in [5.74, 6) is 0.996. The molecule has 1 N–H and O–H groups in total. The first-order valence-electron chi connectivity index (χ1n) is 8.08. The van der Waals surface area contributed by atoms with Gasteiger partial charge in [-0.05, 0) is 29.5 Å². The Kier molecular flexibility index (Phi) is 4.06. The van der Waals surface area contributed by atoms with E-state index in [1.54, 1.807) is 0 Å². The van der Waals surface area contributed by atoms with Crippen molar-refractivity contribution >= 4 is 17.2 Å². The van der Waals surface area contributed by atoms with Crippen molar-refractivity contribution in [3.05, 3.63) is 51.7 Å². The minimum absolute atomic E-state index is 0.0638. The van der Waals surface area contributed by atoms with Crippen LogP contribution < -0.4 is 10.1 Å². The van der Waals surface area contributed by atoms with E-state index in [-0.39, 0.29) is 11.9 Å². The van der Waals surface area contributed by atoms with E-state index in [4.69, 9.17) is 4.74 Å². The third-order valence-electron chi connectivity index (χ3n) is 4.55. The average molecular weight is 328 g/mol. The third-order valence-corrected chi connectivity index (χ3v) is 5.57. The molecule has 4 rings (SSSR count). The highest BCUT2D eigenvalue weighted by Crippen LogP contribution is 2.31. The molecule has 0 radical (unpaired) electrons. The lowest BCUT2D eigenvalue weighted by Crippen LogP contribution is -2.41. The SMILES string of the molecule is O=C(CN1CCc2sccc2C1)NC1CCOc2ccccc21. The second-order valence-electron chi connectivity index (χ2n) is 6.12. The van der Waals surface area contributed by atoms with Gasteiger partial charge in [-0.3, -0.25) is 9.69 Å². The van der Waals surface area contributed by atoms with E-state index < -0.39 is 0 Å². The molecule has 0 saturated heterocycles. The number of nitrogens with one attached hydrogen (secondary N) is 1. The van der Waals surface area contributed by atoms with Gasteiger partial charge < -0.3 is 10.1 Å². The predicted octanol–water partition coefficient (Wildman–Crippen LogP) is 2.75. The number of hydrogen-bond acceptors (Lipinski definition) is 4. The molecule has 4 nitrogen and oxygen atoms in total. The maximum absolute atomic E-state index is 12.4. The van der Waals surface area contributed by atoms with Gasteiger partial charge in [0.05, 0.1) is 19.2 Å². The van der Waals surface area contributed by atoms with Crippen molar-refractivity contribution in [2.75, 3.05) is 19.7 Å². The third kappa shape index (κ3) is 3.12. The molecular weight excluding hydrogens is 308 g/mol. The fourth-order valence-electron chi connectivity index (χ4n) is 3.38. The molecule has 0 aliphatic carbocycles. The van der Waals surface area contributed by atoms with Crippen LogP contribution in [-0.4, -0.2) is 30.5 Å². The van der Waals surface area contributed by atoms with Crippen LogP contribution in [0.5, 0.6) is 5.75 Å². The maximum Gasteiger partial charge on any atom is 0.234 e. The van der Waals surface area contributed by atoms with Gasteiger partial charge in [0.2, 0.25) is 5.91 Å². The van der Waals surface area contributed by atoms with Gasteiger partial charge in [-0.25, -0.2) is 0 Å². The average Bonchev–Trinajstić information content (AvgIpc) is 3.03. The first-order chi connectivity index (χ1) is 11.3. The molecule has 2 aromatic rings. The number of para-hydroxylation sites is 1. The Morgan fingerprint density at radius 2 is 2.26 bits per heavy atom. The van der Waals surface area contributed by atoms with Gasteiger partial charge in [-0.1, -0.05) is 18.2 Å².